The number of halogens is 2. The molecule has 2 aromatic rings. The summed E-state index contributed by atoms with van der Waals surface area (Å²) >= 11 is 14.4. The zero-order valence-corrected chi connectivity index (χ0v) is 18.2. The predicted molar refractivity (Wildman–Crippen MR) is 115 cm³/mol. The topological polar surface area (TPSA) is 77.8 Å². The molecule has 1 aromatic carbocycles. The van der Waals surface area contributed by atoms with Crippen molar-refractivity contribution in [3.63, 3.8) is 0 Å². The first kappa shape index (κ1) is 22.1. The number of thiophene rings is 1. The maximum atomic E-state index is 9.10. The number of fused-ring (bicyclic) bond motifs is 2. The summed E-state index contributed by atoms with van der Waals surface area (Å²) in [6.07, 6.45) is 6.31. The first-order valence-electron chi connectivity index (χ1n) is 9.56. The number of hydrogen-bond acceptors (Lipinski definition) is 4. The van der Waals surface area contributed by atoms with Gasteiger partial charge in [-0.15, -0.1) is 11.3 Å². The molecule has 1 unspecified atom stereocenters. The van der Waals surface area contributed by atoms with E-state index < -0.39 is 11.9 Å². The molecule has 0 amide bonds. The second kappa shape index (κ2) is 9.94. The van der Waals surface area contributed by atoms with Crippen molar-refractivity contribution in [2.75, 3.05) is 13.1 Å². The fourth-order valence-electron chi connectivity index (χ4n) is 4.08. The Kier molecular flexibility index (Phi) is 7.57. The summed E-state index contributed by atoms with van der Waals surface area (Å²) in [5, 5.41) is 18.6. The monoisotopic (exact) mass is 455 g/mol. The van der Waals surface area contributed by atoms with Gasteiger partial charge in [0.1, 0.15) is 0 Å². The highest BCUT2D eigenvalue weighted by atomic mass is 35.5. The number of aryl methyl sites for hydroxylation is 1. The Bertz CT molecular complexity index is 887. The number of carboxylic acids is 2. The fourth-order valence-corrected chi connectivity index (χ4v) is 5.72. The second-order valence-corrected chi connectivity index (χ2v) is 9.18. The van der Waals surface area contributed by atoms with Gasteiger partial charge in [0.2, 0.25) is 0 Å². The normalized spacial score (nSPS) is 18.2. The van der Waals surface area contributed by atoms with Crippen LogP contribution in [0.15, 0.2) is 23.6 Å². The highest BCUT2D eigenvalue weighted by molar-refractivity contribution is 7.10. The zero-order chi connectivity index (χ0) is 21.0. The van der Waals surface area contributed by atoms with Crippen molar-refractivity contribution < 1.29 is 19.8 Å². The van der Waals surface area contributed by atoms with E-state index in [1.807, 2.05) is 17.4 Å². The Labute approximate surface area is 183 Å². The highest BCUT2D eigenvalue weighted by Gasteiger charge is 2.24. The van der Waals surface area contributed by atoms with Gasteiger partial charge in [-0.1, -0.05) is 23.2 Å². The van der Waals surface area contributed by atoms with E-state index in [-0.39, 0.29) is 0 Å². The van der Waals surface area contributed by atoms with Crippen LogP contribution in [0, 0.1) is 0 Å². The van der Waals surface area contributed by atoms with Gasteiger partial charge in [0.25, 0.3) is 0 Å². The molecule has 4 rings (SSSR count). The number of benzene rings is 1. The van der Waals surface area contributed by atoms with E-state index in [0.29, 0.717) is 0 Å². The first-order chi connectivity index (χ1) is 13.8. The minimum absolute atomic E-state index is 0.755. The summed E-state index contributed by atoms with van der Waals surface area (Å²) in [6.45, 7) is 3.26. The molecule has 1 aliphatic carbocycles. The molecule has 0 bridgehead atoms. The van der Waals surface area contributed by atoms with Crippen molar-refractivity contribution in [3.8, 4) is 0 Å². The first-order valence-corrected chi connectivity index (χ1v) is 11.2. The Hall–Kier alpha value is -1.60. The van der Waals surface area contributed by atoms with Crippen molar-refractivity contribution in [3.05, 3.63) is 55.2 Å². The Morgan fingerprint density at radius 3 is 2.66 bits per heavy atom. The van der Waals surface area contributed by atoms with Crippen molar-refractivity contribution >= 4 is 46.5 Å². The van der Waals surface area contributed by atoms with Crippen LogP contribution in [-0.4, -0.2) is 40.1 Å². The van der Waals surface area contributed by atoms with Crippen LogP contribution in [0.4, 0.5) is 0 Å². The standard InChI is InChI=1S/C19H21Cl2NS.C2H2O4/c20-15-10-14-12-22(8-5-16(14)18(21)11-15)7-4-13-2-1-3-19-17(13)6-9-23-19;3-1(4)2(5)6/h6,9-11,13H,1-5,7-8,12H2;(H,3,4)(H,5,6). The molecule has 1 atom stereocenters. The van der Waals surface area contributed by atoms with Crippen LogP contribution in [0.5, 0.6) is 0 Å². The Morgan fingerprint density at radius 2 is 1.93 bits per heavy atom. The van der Waals surface area contributed by atoms with Gasteiger partial charge >= 0.3 is 11.9 Å². The third-order valence-electron chi connectivity index (χ3n) is 5.48. The molecule has 1 aliphatic heterocycles. The van der Waals surface area contributed by atoms with Crippen LogP contribution in [0.2, 0.25) is 10.0 Å². The lowest BCUT2D eigenvalue weighted by Crippen LogP contribution is -2.32. The minimum atomic E-state index is -1.82. The van der Waals surface area contributed by atoms with E-state index in [1.54, 1.807) is 10.4 Å². The van der Waals surface area contributed by atoms with E-state index in [1.165, 1.54) is 43.4 Å². The predicted octanol–water partition coefficient (Wildman–Crippen LogP) is 5.08. The van der Waals surface area contributed by atoms with Gasteiger partial charge < -0.3 is 10.2 Å². The number of hydrogen-bond donors (Lipinski definition) is 2. The summed E-state index contributed by atoms with van der Waals surface area (Å²) in [5.74, 6) is -2.89. The summed E-state index contributed by atoms with van der Waals surface area (Å²) < 4.78 is 0. The zero-order valence-electron chi connectivity index (χ0n) is 15.9. The minimum Gasteiger partial charge on any atom is -0.473 e. The molecule has 5 nitrogen and oxygen atoms in total. The average Bonchev–Trinajstić information content (AvgIpc) is 3.15. The molecule has 2 aliphatic rings. The van der Waals surface area contributed by atoms with E-state index in [4.69, 9.17) is 43.0 Å². The lowest BCUT2D eigenvalue weighted by molar-refractivity contribution is -0.159. The molecule has 8 heteroatoms. The number of carbonyl (C=O) groups is 2. The average molecular weight is 456 g/mol. The lowest BCUT2D eigenvalue weighted by atomic mass is 9.85. The largest absolute Gasteiger partial charge is 0.473 e. The number of carboxylic acid groups (broad SMARTS) is 2. The molecule has 156 valence electrons. The van der Waals surface area contributed by atoms with E-state index in [2.05, 4.69) is 22.4 Å². The van der Waals surface area contributed by atoms with Crippen LogP contribution in [0.1, 0.15) is 46.7 Å². The Balaban J connectivity index is 0.000000353. The highest BCUT2D eigenvalue weighted by Crippen LogP contribution is 2.37. The summed E-state index contributed by atoms with van der Waals surface area (Å²) in [5.41, 5.74) is 4.24. The third-order valence-corrected chi connectivity index (χ3v) is 7.03. The number of nitrogens with zero attached hydrogens (tertiary/aromatic N) is 1. The van der Waals surface area contributed by atoms with Crippen LogP contribution >= 0.6 is 34.5 Å². The maximum absolute atomic E-state index is 9.10. The van der Waals surface area contributed by atoms with Gasteiger partial charge in [-0.25, -0.2) is 9.59 Å². The molecule has 0 spiro atoms. The molecule has 29 heavy (non-hydrogen) atoms. The van der Waals surface area contributed by atoms with Crippen molar-refractivity contribution in [1.82, 2.24) is 4.90 Å². The lowest BCUT2D eigenvalue weighted by Gasteiger charge is -2.31. The van der Waals surface area contributed by atoms with Gasteiger partial charge in [0.05, 0.1) is 0 Å². The molecule has 0 saturated carbocycles. The van der Waals surface area contributed by atoms with Crippen LogP contribution in [-0.2, 0) is 29.0 Å². The van der Waals surface area contributed by atoms with Gasteiger partial charge in [-0.2, -0.15) is 0 Å². The Morgan fingerprint density at radius 1 is 1.17 bits per heavy atom. The van der Waals surface area contributed by atoms with Gasteiger partial charge in [-0.05, 0) is 84.8 Å². The van der Waals surface area contributed by atoms with E-state index >= 15 is 0 Å². The molecule has 0 saturated heterocycles. The smallest absolute Gasteiger partial charge is 0.414 e. The number of aliphatic carboxylic acids is 2. The summed E-state index contributed by atoms with van der Waals surface area (Å²) in [4.78, 5) is 22.4. The van der Waals surface area contributed by atoms with Crippen LogP contribution in [0.3, 0.4) is 0 Å². The molecular formula is C21H23Cl2NO4S. The van der Waals surface area contributed by atoms with Gasteiger partial charge in [0, 0.05) is 28.0 Å². The van der Waals surface area contributed by atoms with E-state index in [0.717, 1.165) is 35.5 Å². The SMILES string of the molecule is Clc1cc(Cl)c2c(c1)CN(CCC1CCCc3sccc31)CC2.O=C(O)C(=O)O. The molecular weight excluding hydrogens is 433 g/mol. The molecule has 2 heterocycles. The van der Waals surface area contributed by atoms with Crippen LogP contribution in [0.25, 0.3) is 0 Å². The molecule has 1 aromatic heterocycles. The third kappa shape index (κ3) is 5.72. The van der Waals surface area contributed by atoms with Crippen molar-refractivity contribution in [2.45, 2.75) is 44.6 Å². The summed E-state index contributed by atoms with van der Waals surface area (Å²) in [6, 6.07) is 6.32. The molecule has 2 N–H and O–H groups in total. The maximum Gasteiger partial charge on any atom is 0.414 e. The summed E-state index contributed by atoms with van der Waals surface area (Å²) in [7, 11) is 0. The van der Waals surface area contributed by atoms with Crippen molar-refractivity contribution in [2.24, 2.45) is 0 Å². The molecule has 0 radical (unpaired) electrons. The quantitative estimate of drug-likeness (QED) is 0.630. The van der Waals surface area contributed by atoms with Gasteiger partial charge in [0.15, 0.2) is 0 Å². The second-order valence-electron chi connectivity index (χ2n) is 7.34. The van der Waals surface area contributed by atoms with E-state index in [9.17, 15) is 0 Å². The number of rotatable bonds is 3. The molecule has 0 fully saturated rings. The fraction of sp³-hybridized carbons (Fsp3) is 0.429. The van der Waals surface area contributed by atoms with Gasteiger partial charge in [-0.3, -0.25) is 4.90 Å². The van der Waals surface area contributed by atoms with Crippen molar-refractivity contribution in [1.29, 1.82) is 0 Å². The van der Waals surface area contributed by atoms with Crippen LogP contribution < -0.4 is 0 Å².